The van der Waals surface area contributed by atoms with Gasteiger partial charge in [0.15, 0.2) is 0 Å². The van der Waals surface area contributed by atoms with Crippen molar-refractivity contribution in [1.29, 1.82) is 0 Å². The first-order chi connectivity index (χ1) is 12.5. The minimum absolute atomic E-state index is 0.00562. The van der Waals surface area contributed by atoms with E-state index in [9.17, 15) is 9.59 Å². The zero-order chi connectivity index (χ0) is 18.3. The molecule has 1 saturated carbocycles. The van der Waals surface area contributed by atoms with Crippen LogP contribution in [0.25, 0.3) is 10.2 Å². The second-order valence-corrected chi connectivity index (χ2v) is 8.77. The number of thiophene rings is 1. The molecule has 26 heavy (non-hydrogen) atoms. The first kappa shape index (κ1) is 17.6. The number of carbonyl (C=O) groups excluding carboxylic acids is 2. The van der Waals surface area contributed by atoms with Gasteiger partial charge in [0, 0.05) is 12.6 Å². The fraction of sp³-hybridized carbons (Fsp3) is 0.600. The molecule has 6 heteroatoms. The molecule has 1 N–H and O–H groups in total. The van der Waals surface area contributed by atoms with Gasteiger partial charge in [0.2, 0.25) is 5.91 Å². The highest BCUT2D eigenvalue weighted by molar-refractivity contribution is 7.17. The number of rotatable bonds is 4. The van der Waals surface area contributed by atoms with E-state index in [4.69, 9.17) is 0 Å². The smallest absolute Gasteiger partial charge is 0.271 e. The number of amides is 2. The molecule has 4 rings (SSSR count). The lowest BCUT2D eigenvalue weighted by molar-refractivity contribution is -0.133. The van der Waals surface area contributed by atoms with Crippen LogP contribution in [0.3, 0.4) is 0 Å². The van der Waals surface area contributed by atoms with E-state index in [0.29, 0.717) is 18.8 Å². The van der Waals surface area contributed by atoms with Gasteiger partial charge in [0.05, 0.1) is 16.8 Å². The third kappa shape index (κ3) is 2.75. The summed E-state index contributed by atoms with van der Waals surface area (Å²) in [4.78, 5) is 28.3. The highest BCUT2D eigenvalue weighted by Gasteiger charge is 2.47. The molecule has 0 aromatic carbocycles. The summed E-state index contributed by atoms with van der Waals surface area (Å²) < 4.78 is 3.16. The average Bonchev–Trinajstić information content (AvgIpc) is 3.22. The van der Waals surface area contributed by atoms with Gasteiger partial charge in [-0.2, -0.15) is 0 Å². The molecule has 1 aliphatic carbocycles. The Labute approximate surface area is 158 Å². The lowest BCUT2D eigenvalue weighted by Crippen LogP contribution is -2.65. The van der Waals surface area contributed by atoms with Crippen LogP contribution < -0.4 is 5.32 Å². The Hall–Kier alpha value is -1.82. The van der Waals surface area contributed by atoms with Crippen molar-refractivity contribution in [3.05, 3.63) is 23.2 Å². The van der Waals surface area contributed by atoms with E-state index in [1.54, 1.807) is 16.2 Å². The van der Waals surface area contributed by atoms with Gasteiger partial charge in [0.25, 0.3) is 5.91 Å². The quantitative estimate of drug-likeness (QED) is 0.887. The lowest BCUT2D eigenvalue weighted by Gasteiger charge is -2.44. The first-order valence-corrected chi connectivity index (χ1v) is 10.6. The summed E-state index contributed by atoms with van der Waals surface area (Å²) in [5.74, 6) is -0.0308. The van der Waals surface area contributed by atoms with Crippen LogP contribution in [0, 0.1) is 0 Å². The predicted molar refractivity (Wildman–Crippen MR) is 105 cm³/mol. The van der Waals surface area contributed by atoms with Crippen molar-refractivity contribution >= 4 is 33.4 Å². The Kier molecular flexibility index (Phi) is 4.55. The van der Waals surface area contributed by atoms with Crippen LogP contribution in [0.5, 0.6) is 0 Å². The molecular formula is C20H27N3O2S. The number of carbonyl (C=O) groups is 2. The monoisotopic (exact) mass is 373 g/mol. The largest absolute Gasteiger partial charge is 0.351 e. The molecular weight excluding hydrogens is 346 g/mol. The van der Waals surface area contributed by atoms with Crippen molar-refractivity contribution < 1.29 is 9.59 Å². The van der Waals surface area contributed by atoms with Crippen LogP contribution in [0.4, 0.5) is 0 Å². The molecule has 2 aromatic rings. The van der Waals surface area contributed by atoms with Crippen molar-refractivity contribution in [2.75, 3.05) is 6.54 Å². The van der Waals surface area contributed by atoms with Crippen LogP contribution in [-0.4, -0.2) is 39.4 Å². The SMILES string of the molecule is CCCN1C(=O)c2cc3sccc3n2CC1(C)C(=O)NC1CCCCC1. The minimum Gasteiger partial charge on any atom is -0.351 e. The van der Waals surface area contributed by atoms with E-state index >= 15 is 0 Å². The molecule has 3 heterocycles. The van der Waals surface area contributed by atoms with Crippen LogP contribution in [0.1, 0.15) is 62.9 Å². The van der Waals surface area contributed by atoms with Crippen molar-refractivity contribution in [2.45, 2.75) is 70.5 Å². The molecule has 2 aromatic heterocycles. The fourth-order valence-electron chi connectivity index (χ4n) is 4.43. The zero-order valence-corrected chi connectivity index (χ0v) is 16.4. The molecule has 0 radical (unpaired) electrons. The molecule has 1 unspecified atom stereocenters. The molecule has 140 valence electrons. The standard InChI is InChI=1S/C20H27N3O2S/c1-3-10-23-18(24)16-12-17-15(9-11-26-17)22(16)13-20(23,2)19(25)21-14-7-5-4-6-8-14/h9,11-12,14H,3-8,10,13H2,1-2H3,(H,21,25). The van der Waals surface area contributed by atoms with E-state index in [2.05, 4.69) is 12.2 Å². The Balaban J connectivity index is 1.68. The minimum atomic E-state index is -0.842. The van der Waals surface area contributed by atoms with E-state index in [-0.39, 0.29) is 17.9 Å². The van der Waals surface area contributed by atoms with Gasteiger partial charge < -0.3 is 14.8 Å². The molecule has 0 spiro atoms. The second kappa shape index (κ2) is 6.72. The molecule has 1 atom stereocenters. The maximum atomic E-state index is 13.3. The molecule has 2 aliphatic rings. The topological polar surface area (TPSA) is 54.3 Å². The maximum Gasteiger partial charge on any atom is 0.271 e. The number of hydrogen-bond acceptors (Lipinski definition) is 3. The van der Waals surface area contributed by atoms with Crippen LogP contribution in [0.2, 0.25) is 0 Å². The van der Waals surface area contributed by atoms with Crippen LogP contribution in [0.15, 0.2) is 17.5 Å². The Bertz CT molecular complexity index is 833. The molecule has 0 saturated heterocycles. The summed E-state index contributed by atoms with van der Waals surface area (Å²) >= 11 is 1.64. The fourth-order valence-corrected chi connectivity index (χ4v) is 5.26. The van der Waals surface area contributed by atoms with Gasteiger partial charge in [-0.15, -0.1) is 11.3 Å². The number of nitrogens with one attached hydrogen (secondary N) is 1. The van der Waals surface area contributed by atoms with Gasteiger partial charge in [-0.05, 0) is 43.7 Å². The third-order valence-corrected chi connectivity index (χ3v) is 6.78. The summed E-state index contributed by atoms with van der Waals surface area (Å²) in [5.41, 5.74) is 0.931. The van der Waals surface area contributed by atoms with Gasteiger partial charge in [-0.25, -0.2) is 0 Å². The summed E-state index contributed by atoms with van der Waals surface area (Å²) in [7, 11) is 0. The van der Waals surface area contributed by atoms with Gasteiger partial charge in [-0.3, -0.25) is 9.59 Å². The Morgan fingerprint density at radius 3 is 2.85 bits per heavy atom. The molecule has 2 amide bonds. The number of aromatic nitrogens is 1. The van der Waals surface area contributed by atoms with E-state index < -0.39 is 5.54 Å². The van der Waals surface area contributed by atoms with Gasteiger partial charge in [0.1, 0.15) is 11.2 Å². The van der Waals surface area contributed by atoms with E-state index in [0.717, 1.165) is 29.5 Å². The highest BCUT2D eigenvalue weighted by atomic mass is 32.1. The van der Waals surface area contributed by atoms with Crippen molar-refractivity contribution in [3.8, 4) is 0 Å². The summed E-state index contributed by atoms with van der Waals surface area (Å²) in [6.45, 7) is 5.11. The van der Waals surface area contributed by atoms with Gasteiger partial charge >= 0.3 is 0 Å². The highest BCUT2D eigenvalue weighted by Crippen LogP contribution is 2.34. The Morgan fingerprint density at radius 2 is 2.12 bits per heavy atom. The third-order valence-electron chi connectivity index (χ3n) is 5.93. The summed E-state index contributed by atoms with van der Waals surface area (Å²) in [5, 5.41) is 5.30. The van der Waals surface area contributed by atoms with E-state index in [1.165, 1.54) is 19.3 Å². The normalized spacial score (nSPS) is 24.1. The van der Waals surface area contributed by atoms with Gasteiger partial charge in [-0.1, -0.05) is 26.2 Å². The predicted octanol–water partition coefficient (Wildman–Crippen LogP) is 3.78. The number of fused-ring (bicyclic) bond motifs is 3. The number of hydrogen-bond donors (Lipinski definition) is 1. The molecule has 5 nitrogen and oxygen atoms in total. The van der Waals surface area contributed by atoms with Crippen LogP contribution in [-0.2, 0) is 11.3 Å². The first-order valence-electron chi connectivity index (χ1n) is 9.74. The van der Waals surface area contributed by atoms with Crippen molar-refractivity contribution in [1.82, 2.24) is 14.8 Å². The number of nitrogens with zero attached hydrogens (tertiary/aromatic N) is 2. The lowest BCUT2D eigenvalue weighted by atomic mass is 9.91. The molecule has 1 fully saturated rings. The summed E-state index contributed by atoms with van der Waals surface area (Å²) in [6, 6.07) is 4.27. The van der Waals surface area contributed by atoms with Crippen molar-refractivity contribution in [2.24, 2.45) is 0 Å². The molecule has 0 bridgehead atoms. The van der Waals surface area contributed by atoms with Crippen LogP contribution >= 0.6 is 11.3 Å². The van der Waals surface area contributed by atoms with E-state index in [1.807, 2.05) is 29.0 Å². The summed E-state index contributed by atoms with van der Waals surface area (Å²) in [6.07, 6.45) is 6.55. The zero-order valence-electron chi connectivity index (χ0n) is 15.6. The Morgan fingerprint density at radius 1 is 1.35 bits per heavy atom. The average molecular weight is 374 g/mol. The molecule has 1 aliphatic heterocycles. The second-order valence-electron chi connectivity index (χ2n) is 7.82. The van der Waals surface area contributed by atoms with Crippen molar-refractivity contribution in [3.63, 3.8) is 0 Å². The maximum absolute atomic E-state index is 13.3.